The topological polar surface area (TPSA) is 59.3 Å². The van der Waals surface area contributed by atoms with Crippen LogP contribution in [0, 0.1) is 5.82 Å². The van der Waals surface area contributed by atoms with Crippen molar-refractivity contribution < 1.29 is 9.18 Å². The Labute approximate surface area is 177 Å². The highest BCUT2D eigenvalue weighted by Gasteiger charge is 2.13. The van der Waals surface area contributed by atoms with Gasteiger partial charge in [0.15, 0.2) is 5.16 Å². The van der Waals surface area contributed by atoms with Gasteiger partial charge in [-0.3, -0.25) is 4.79 Å². The lowest BCUT2D eigenvalue weighted by atomic mass is 10.2. The Morgan fingerprint density at radius 1 is 1.03 bits per heavy atom. The second-order valence-electron chi connectivity index (χ2n) is 6.59. The number of rotatable bonds is 7. The standard InChI is InChI=1S/C23H19FN4OS/c24-19-12-10-17(11-13-19)14-25-27-22(29)16-30-23-26-20-8-4-5-9-21(20)28(23)15-18-6-2-1-3-7-18/h1-14H,15-16H2,(H,27,29)/b25-14-. The van der Waals surface area contributed by atoms with E-state index in [1.54, 1.807) is 12.1 Å². The number of para-hydroxylation sites is 2. The van der Waals surface area contributed by atoms with Crippen LogP contribution in [0.1, 0.15) is 11.1 Å². The number of nitrogens with one attached hydrogen (secondary N) is 1. The molecule has 0 saturated heterocycles. The van der Waals surface area contributed by atoms with Crippen molar-refractivity contribution in [3.63, 3.8) is 0 Å². The number of aromatic nitrogens is 2. The van der Waals surface area contributed by atoms with Crippen molar-refractivity contribution in [3.05, 3.63) is 95.8 Å². The van der Waals surface area contributed by atoms with Gasteiger partial charge in [0.2, 0.25) is 0 Å². The maximum absolute atomic E-state index is 12.9. The second kappa shape index (κ2) is 9.37. The van der Waals surface area contributed by atoms with Gasteiger partial charge in [-0.2, -0.15) is 5.10 Å². The van der Waals surface area contributed by atoms with Crippen LogP contribution in [0.4, 0.5) is 4.39 Å². The third-order valence-corrected chi connectivity index (χ3v) is 5.38. The number of benzene rings is 3. The molecule has 0 saturated carbocycles. The number of carbonyl (C=O) groups excluding carboxylic acids is 1. The van der Waals surface area contributed by atoms with Crippen LogP contribution in [0.25, 0.3) is 11.0 Å². The molecular weight excluding hydrogens is 399 g/mol. The van der Waals surface area contributed by atoms with Crippen molar-refractivity contribution in [1.82, 2.24) is 15.0 Å². The van der Waals surface area contributed by atoms with Crippen LogP contribution < -0.4 is 5.43 Å². The number of imidazole rings is 1. The number of nitrogens with zero attached hydrogens (tertiary/aromatic N) is 3. The monoisotopic (exact) mass is 418 g/mol. The van der Waals surface area contributed by atoms with Gasteiger partial charge in [0, 0.05) is 0 Å². The van der Waals surface area contributed by atoms with E-state index in [0.29, 0.717) is 12.1 Å². The van der Waals surface area contributed by atoms with Crippen molar-refractivity contribution in [3.8, 4) is 0 Å². The number of fused-ring (bicyclic) bond motifs is 1. The van der Waals surface area contributed by atoms with Crippen molar-refractivity contribution in [1.29, 1.82) is 0 Å². The lowest BCUT2D eigenvalue weighted by Crippen LogP contribution is -2.20. The van der Waals surface area contributed by atoms with E-state index in [-0.39, 0.29) is 17.5 Å². The predicted molar refractivity (Wildman–Crippen MR) is 118 cm³/mol. The van der Waals surface area contributed by atoms with E-state index in [1.165, 1.54) is 30.1 Å². The molecule has 0 aliphatic carbocycles. The van der Waals surface area contributed by atoms with Crippen LogP contribution in [0.15, 0.2) is 89.1 Å². The molecule has 0 atom stereocenters. The second-order valence-corrected chi connectivity index (χ2v) is 7.53. The van der Waals surface area contributed by atoms with Gasteiger partial charge < -0.3 is 4.57 Å². The molecule has 4 rings (SSSR count). The Morgan fingerprint density at radius 3 is 2.57 bits per heavy atom. The summed E-state index contributed by atoms with van der Waals surface area (Å²) in [4.78, 5) is 16.9. The van der Waals surface area contributed by atoms with E-state index >= 15 is 0 Å². The summed E-state index contributed by atoms with van der Waals surface area (Å²) in [6, 6.07) is 23.9. The fourth-order valence-electron chi connectivity index (χ4n) is 2.97. The van der Waals surface area contributed by atoms with Crippen molar-refractivity contribution in [2.24, 2.45) is 5.10 Å². The fourth-order valence-corrected chi connectivity index (χ4v) is 3.78. The average Bonchev–Trinajstić information content (AvgIpc) is 3.12. The summed E-state index contributed by atoms with van der Waals surface area (Å²) in [5, 5.41) is 4.70. The zero-order chi connectivity index (χ0) is 20.8. The highest BCUT2D eigenvalue weighted by atomic mass is 32.2. The van der Waals surface area contributed by atoms with Gasteiger partial charge in [0.05, 0.1) is 29.5 Å². The first-order valence-electron chi connectivity index (χ1n) is 9.38. The number of hydrazone groups is 1. The summed E-state index contributed by atoms with van der Waals surface area (Å²) in [5.41, 5.74) is 6.28. The number of hydrogen-bond acceptors (Lipinski definition) is 4. The Hall–Kier alpha value is -3.45. The molecule has 7 heteroatoms. The van der Waals surface area contributed by atoms with Gasteiger partial charge in [-0.15, -0.1) is 0 Å². The van der Waals surface area contributed by atoms with Gasteiger partial charge >= 0.3 is 0 Å². The van der Waals surface area contributed by atoms with E-state index in [4.69, 9.17) is 0 Å². The quantitative estimate of drug-likeness (QED) is 0.274. The first kappa shape index (κ1) is 19.8. The van der Waals surface area contributed by atoms with Gasteiger partial charge in [-0.05, 0) is 35.4 Å². The molecule has 3 aromatic carbocycles. The van der Waals surface area contributed by atoms with Crippen molar-refractivity contribution in [2.75, 3.05) is 5.75 Å². The number of halogens is 1. The Balaban J connectivity index is 1.43. The SMILES string of the molecule is O=C(CSc1nc2ccccc2n1Cc1ccccc1)N/N=C\c1ccc(F)cc1. The number of hydrogen-bond donors (Lipinski definition) is 1. The average molecular weight is 418 g/mol. The zero-order valence-corrected chi connectivity index (χ0v) is 16.8. The molecule has 0 fully saturated rings. The summed E-state index contributed by atoms with van der Waals surface area (Å²) in [6.45, 7) is 0.675. The van der Waals surface area contributed by atoms with E-state index in [2.05, 4.69) is 32.2 Å². The highest BCUT2D eigenvalue weighted by Crippen LogP contribution is 2.25. The Bertz CT molecular complexity index is 1170. The smallest absolute Gasteiger partial charge is 0.250 e. The lowest BCUT2D eigenvalue weighted by molar-refractivity contribution is -0.118. The van der Waals surface area contributed by atoms with Crippen LogP contribution in [-0.4, -0.2) is 27.4 Å². The first-order valence-corrected chi connectivity index (χ1v) is 10.4. The molecule has 0 aliphatic rings. The van der Waals surface area contributed by atoms with E-state index in [1.807, 2.05) is 42.5 Å². The Kier molecular flexibility index (Phi) is 6.20. The minimum atomic E-state index is -0.314. The minimum absolute atomic E-state index is 0.179. The molecule has 0 bridgehead atoms. The van der Waals surface area contributed by atoms with Crippen molar-refractivity contribution >= 4 is 34.9 Å². The summed E-state index contributed by atoms with van der Waals surface area (Å²) in [6.07, 6.45) is 1.48. The summed E-state index contributed by atoms with van der Waals surface area (Å²) in [7, 11) is 0. The number of carbonyl (C=O) groups is 1. The fraction of sp³-hybridized carbons (Fsp3) is 0.0870. The number of amides is 1. The third-order valence-electron chi connectivity index (χ3n) is 4.41. The summed E-state index contributed by atoms with van der Waals surface area (Å²) >= 11 is 1.36. The van der Waals surface area contributed by atoms with Crippen LogP contribution in [0.3, 0.4) is 0 Å². The van der Waals surface area contributed by atoms with E-state index < -0.39 is 0 Å². The zero-order valence-electron chi connectivity index (χ0n) is 16.0. The molecule has 0 unspecified atom stereocenters. The predicted octanol–water partition coefficient (Wildman–Crippen LogP) is 4.47. The molecule has 5 nitrogen and oxygen atoms in total. The molecule has 30 heavy (non-hydrogen) atoms. The van der Waals surface area contributed by atoms with E-state index in [0.717, 1.165) is 21.8 Å². The van der Waals surface area contributed by atoms with Gasteiger partial charge in [0.25, 0.3) is 5.91 Å². The summed E-state index contributed by atoms with van der Waals surface area (Å²) in [5.74, 6) is -0.374. The van der Waals surface area contributed by atoms with Crippen LogP contribution in [-0.2, 0) is 11.3 Å². The van der Waals surface area contributed by atoms with Crippen LogP contribution in [0.5, 0.6) is 0 Å². The molecular formula is C23H19FN4OS. The lowest BCUT2D eigenvalue weighted by Gasteiger charge is -2.09. The minimum Gasteiger partial charge on any atom is -0.314 e. The van der Waals surface area contributed by atoms with Crippen molar-refractivity contribution in [2.45, 2.75) is 11.7 Å². The normalized spacial score (nSPS) is 11.2. The molecule has 4 aromatic rings. The molecule has 1 aromatic heterocycles. The molecule has 1 amide bonds. The number of thioether (sulfide) groups is 1. The van der Waals surface area contributed by atoms with Gasteiger partial charge in [-0.1, -0.05) is 66.4 Å². The molecule has 1 N–H and O–H groups in total. The maximum Gasteiger partial charge on any atom is 0.250 e. The Morgan fingerprint density at radius 2 is 1.77 bits per heavy atom. The van der Waals surface area contributed by atoms with Crippen LogP contribution in [0.2, 0.25) is 0 Å². The first-order chi connectivity index (χ1) is 14.7. The van der Waals surface area contributed by atoms with Gasteiger partial charge in [0.1, 0.15) is 5.82 Å². The van der Waals surface area contributed by atoms with Gasteiger partial charge in [-0.25, -0.2) is 14.8 Å². The largest absolute Gasteiger partial charge is 0.314 e. The van der Waals surface area contributed by atoms with Crippen LogP contribution >= 0.6 is 11.8 Å². The van der Waals surface area contributed by atoms with E-state index in [9.17, 15) is 9.18 Å². The summed E-state index contributed by atoms with van der Waals surface area (Å²) < 4.78 is 15.0. The highest BCUT2D eigenvalue weighted by molar-refractivity contribution is 7.99. The molecule has 0 aliphatic heterocycles. The molecule has 0 radical (unpaired) electrons. The maximum atomic E-state index is 12.9. The molecule has 1 heterocycles. The molecule has 150 valence electrons. The molecule has 0 spiro atoms. The third kappa shape index (κ3) is 4.93.